The van der Waals surface area contributed by atoms with Gasteiger partial charge in [0.1, 0.15) is 11.5 Å². The number of aromatic nitrogens is 4. The molecule has 0 unspecified atom stereocenters. The number of hydrogen-bond acceptors (Lipinski definition) is 5. The van der Waals surface area contributed by atoms with Crippen LogP contribution in [0.25, 0.3) is 10.8 Å². The molecule has 1 saturated heterocycles. The van der Waals surface area contributed by atoms with Crippen molar-refractivity contribution in [2.45, 2.75) is 52.1 Å². The Morgan fingerprint density at radius 1 is 1.00 bits per heavy atom. The molecule has 0 bridgehead atoms. The predicted octanol–water partition coefficient (Wildman–Crippen LogP) is 3.23. The zero-order valence-corrected chi connectivity index (χ0v) is 19.3. The Labute approximate surface area is 193 Å². The summed E-state index contributed by atoms with van der Waals surface area (Å²) in [4.78, 5) is 33.9. The van der Waals surface area contributed by atoms with Crippen molar-refractivity contribution in [2.75, 3.05) is 19.6 Å². The SMILES string of the molecule is CC(C)CC(=O)N1CCC(c2nnc3n2CCN(C(=O)c2nccc4ccccc24)C3)CC1. The van der Waals surface area contributed by atoms with Crippen molar-refractivity contribution in [2.24, 2.45) is 5.92 Å². The quantitative estimate of drug-likeness (QED) is 0.614. The first-order chi connectivity index (χ1) is 16.0. The molecule has 0 saturated carbocycles. The summed E-state index contributed by atoms with van der Waals surface area (Å²) < 4.78 is 2.18. The second kappa shape index (κ2) is 8.92. The summed E-state index contributed by atoms with van der Waals surface area (Å²) in [5.41, 5.74) is 0.486. The molecule has 0 N–H and O–H groups in total. The third kappa shape index (κ3) is 4.21. The fraction of sp³-hybridized carbons (Fsp3) is 0.480. The Morgan fingerprint density at radius 3 is 2.58 bits per heavy atom. The fourth-order valence-electron chi connectivity index (χ4n) is 4.96. The van der Waals surface area contributed by atoms with Gasteiger partial charge in [0.25, 0.3) is 5.91 Å². The van der Waals surface area contributed by atoms with Gasteiger partial charge in [0.15, 0.2) is 5.82 Å². The van der Waals surface area contributed by atoms with Gasteiger partial charge in [-0.1, -0.05) is 38.1 Å². The lowest BCUT2D eigenvalue weighted by atomic mass is 9.95. The highest BCUT2D eigenvalue weighted by Gasteiger charge is 2.31. The molecular weight excluding hydrogens is 416 g/mol. The summed E-state index contributed by atoms with van der Waals surface area (Å²) >= 11 is 0. The van der Waals surface area contributed by atoms with Gasteiger partial charge in [-0.15, -0.1) is 10.2 Å². The van der Waals surface area contributed by atoms with Gasteiger partial charge in [0.05, 0.1) is 6.54 Å². The van der Waals surface area contributed by atoms with E-state index in [4.69, 9.17) is 0 Å². The van der Waals surface area contributed by atoms with Crippen LogP contribution in [0.15, 0.2) is 36.5 Å². The molecule has 4 heterocycles. The average Bonchev–Trinajstić information content (AvgIpc) is 3.26. The van der Waals surface area contributed by atoms with Crippen molar-refractivity contribution in [1.29, 1.82) is 0 Å². The van der Waals surface area contributed by atoms with E-state index in [2.05, 4.69) is 33.6 Å². The van der Waals surface area contributed by atoms with Crippen LogP contribution in [0, 0.1) is 5.92 Å². The standard InChI is InChI=1S/C25H30N6O2/c1-17(2)15-22(32)29-11-8-19(9-12-29)24-28-27-21-16-30(13-14-31(21)24)25(33)23-20-6-4-3-5-18(20)7-10-26-23/h3-7,10,17,19H,8-9,11-16H2,1-2H3. The van der Waals surface area contributed by atoms with Crippen molar-refractivity contribution in [3.05, 3.63) is 53.9 Å². The molecule has 1 fully saturated rings. The zero-order valence-electron chi connectivity index (χ0n) is 19.3. The van der Waals surface area contributed by atoms with Crippen molar-refractivity contribution in [3.8, 4) is 0 Å². The maximum atomic E-state index is 13.3. The third-order valence-electron chi connectivity index (χ3n) is 6.74. The monoisotopic (exact) mass is 446 g/mol. The Hall–Kier alpha value is -3.29. The average molecular weight is 447 g/mol. The Balaban J connectivity index is 1.27. The molecule has 0 spiro atoms. The highest BCUT2D eigenvalue weighted by Crippen LogP contribution is 2.29. The van der Waals surface area contributed by atoms with Gasteiger partial charge >= 0.3 is 0 Å². The molecule has 5 rings (SSSR count). The van der Waals surface area contributed by atoms with E-state index in [1.165, 1.54) is 0 Å². The van der Waals surface area contributed by atoms with Crippen LogP contribution in [0.3, 0.4) is 0 Å². The lowest BCUT2D eigenvalue weighted by molar-refractivity contribution is -0.133. The maximum absolute atomic E-state index is 13.3. The molecular formula is C25H30N6O2. The van der Waals surface area contributed by atoms with Crippen molar-refractivity contribution in [3.63, 3.8) is 0 Å². The number of fused-ring (bicyclic) bond motifs is 2. The molecule has 0 atom stereocenters. The lowest BCUT2D eigenvalue weighted by Gasteiger charge is -2.33. The molecule has 0 radical (unpaired) electrons. The topological polar surface area (TPSA) is 84.2 Å². The van der Waals surface area contributed by atoms with Crippen LogP contribution in [0.2, 0.25) is 0 Å². The minimum atomic E-state index is -0.0698. The van der Waals surface area contributed by atoms with Crippen LogP contribution >= 0.6 is 0 Å². The molecule has 2 aromatic heterocycles. The molecule has 0 aliphatic carbocycles. The first-order valence-corrected chi connectivity index (χ1v) is 11.8. The van der Waals surface area contributed by atoms with E-state index >= 15 is 0 Å². The van der Waals surface area contributed by atoms with E-state index in [0.29, 0.717) is 43.6 Å². The normalized spacial score (nSPS) is 16.9. The van der Waals surface area contributed by atoms with Gasteiger partial charge in [-0.2, -0.15) is 0 Å². The van der Waals surface area contributed by atoms with E-state index in [1.54, 1.807) is 6.20 Å². The van der Waals surface area contributed by atoms with Crippen LogP contribution in [-0.2, 0) is 17.9 Å². The summed E-state index contributed by atoms with van der Waals surface area (Å²) in [5.74, 6) is 2.69. The molecule has 8 nitrogen and oxygen atoms in total. The lowest BCUT2D eigenvalue weighted by Crippen LogP contribution is -2.41. The van der Waals surface area contributed by atoms with E-state index in [-0.39, 0.29) is 11.8 Å². The summed E-state index contributed by atoms with van der Waals surface area (Å²) in [6.07, 6.45) is 4.12. The minimum absolute atomic E-state index is 0.0698. The van der Waals surface area contributed by atoms with Gasteiger partial charge in [-0.3, -0.25) is 14.6 Å². The Morgan fingerprint density at radius 2 is 1.79 bits per heavy atom. The van der Waals surface area contributed by atoms with E-state index in [9.17, 15) is 9.59 Å². The number of carbonyl (C=O) groups is 2. The number of rotatable bonds is 4. The van der Waals surface area contributed by atoms with Crippen LogP contribution in [0.4, 0.5) is 0 Å². The zero-order chi connectivity index (χ0) is 22.9. The largest absolute Gasteiger partial charge is 0.343 e. The second-order valence-electron chi connectivity index (χ2n) is 9.49. The summed E-state index contributed by atoms with van der Waals surface area (Å²) in [5, 5.41) is 10.8. The van der Waals surface area contributed by atoms with Crippen molar-refractivity contribution >= 4 is 22.6 Å². The maximum Gasteiger partial charge on any atom is 0.273 e. The second-order valence-corrected chi connectivity index (χ2v) is 9.49. The minimum Gasteiger partial charge on any atom is -0.343 e. The highest BCUT2D eigenvalue weighted by atomic mass is 16.2. The summed E-state index contributed by atoms with van der Waals surface area (Å²) in [6, 6.07) is 9.76. The number of nitrogens with zero attached hydrogens (tertiary/aromatic N) is 6. The highest BCUT2D eigenvalue weighted by molar-refractivity contribution is 6.05. The van der Waals surface area contributed by atoms with Gasteiger partial charge in [0, 0.05) is 50.1 Å². The number of carbonyl (C=O) groups excluding carboxylic acids is 2. The molecule has 2 aliphatic rings. The number of likely N-dealkylation sites (tertiary alicyclic amines) is 1. The van der Waals surface area contributed by atoms with E-state index in [1.807, 2.05) is 40.1 Å². The fourth-order valence-corrected chi connectivity index (χ4v) is 4.96. The number of hydrogen-bond donors (Lipinski definition) is 0. The first kappa shape index (κ1) is 21.6. The van der Waals surface area contributed by atoms with E-state index < -0.39 is 0 Å². The first-order valence-electron chi connectivity index (χ1n) is 11.8. The van der Waals surface area contributed by atoms with Crippen LogP contribution in [-0.4, -0.2) is 61.0 Å². The number of amides is 2. The number of pyridine rings is 1. The molecule has 33 heavy (non-hydrogen) atoms. The molecule has 8 heteroatoms. The Bertz CT molecular complexity index is 1170. The smallest absolute Gasteiger partial charge is 0.273 e. The molecule has 2 amide bonds. The van der Waals surface area contributed by atoms with Crippen LogP contribution in [0.5, 0.6) is 0 Å². The molecule has 1 aromatic carbocycles. The van der Waals surface area contributed by atoms with Crippen LogP contribution in [0.1, 0.15) is 61.2 Å². The Kier molecular flexibility index (Phi) is 5.83. The van der Waals surface area contributed by atoms with Crippen molar-refractivity contribution < 1.29 is 9.59 Å². The van der Waals surface area contributed by atoms with Gasteiger partial charge in [-0.05, 0) is 30.2 Å². The van der Waals surface area contributed by atoms with Crippen molar-refractivity contribution in [1.82, 2.24) is 29.5 Å². The van der Waals surface area contributed by atoms with Gasteiger partial charge < -0.3 is 14.4 Å². The third-order valence-corrected chi connectivity index (χ3v) is 6.74. The van der Waals surface area contributed by atoms with Crippen LogP contribution < -0.4 is 0 Å². The number of benzene rings is 1. The molecule has 2 aliphatic heterocycles. The molecule has 172 valence electrons. The van der Waals surface area contributed by atoms with Gasteiger partial charge in [-0.25, -0.2) is 0 Å². The summed E-state index contributed by atoms with van der Waals surface area (Å²) in [6.45, 7) is 7.43. The summed E-state index contributed by atoms with van der Waals surface area (Å²) in [7, 11) is 0. The number of piperidine rings is 1. The molecule has 3 aromatic rings. The van der Waals surface area contributed by atoms with E-state index in [0.717, 1.165) is 48.4 Å². The predicted molar refractivity (Wildman–Crippen MR) is 125 cm³/mol. The van der Waals surface area contributed by atoms with Gasteiger partial charge in [0.2, 0.25) is 5.91 Å².